The molecule has 0 saturated carbocycles. The van der Waals surface area contributed by atoms with E-state index in [9.17, 15) is 19.7 Å². The van der Waals surface area contributed by atoms with Gasteiger partial charge in [0.15, 0.2) is 6.10 Å². The van der Waals surface area contributed by atoms with Crippen LogP contribution in [0.25, 0.3) is 6.08 Å². The van der Waals surface area contributed by atoms with Gasteiger partial charge in [0.1, 0.15) is 5.75 Å². The fourth-order valence-corrected chi connectivity index (χ4v) is 2.32. The van der Waals surface area contributed by atoms with E-state index < -0.39 is 22.8 Å². The molecule has 146 valence electrons. The van der Waals surface area contributed by atoms with E-state index in [1.165, 1.54) is 24.3 Å². The number of carbonyl (C=O) groups excluding carboxylic acids is 2. The smallest absolute Gasteiger partial charge is 0.279 e. The van der Waals surface area contributed by atoms with Gasteiger partial charge in [-0.25, -0.2) is 0 Å². The first-order valence-corrected chi connectivity index (χ1v) is 8.53. The molecule has 2 N–H and O–H groups in total. The Morgan fingerprint density at radius 2 is 1.82 bits per heavy atom. The van der Waals surface area contributed by atoms with Crippen molar-refractivity contribution < 1.29 is 19.2 Å². The summed E-state index contributed by atoms with van der Waals surface area (Å²) in [6.07, 6.45) is 1.56. The van der Waals surface area contributed by atoms with Gasteiger partial charge in [-0.1, -0.05) is 24.3 Å². The minimum atomic E-state index is -0.833. The highest BCUT2D eigenvalue weighted by Crippen LogP contribution is 2.21. The molecule has 0 aliphatic heterocycles. The molecule has 8 heteroatoms. The number of benzene rings is 2. The first kappa shape index (κ1) is 20.6. The summed E-state index contributed by atoms with van der Waals surface area (Å²) in [6.45, 7) is 5.40. The van der Waals surface area contributed by atoms with Crippen molar-refractivity contribution >= 4 is 23.6 Å². The molecule has 28 heavy (non-hydrogen) atoms. The highest BCUT2D eigenvalue weighted by Gasteiger charge is 2.16. The number of amides is 2. The predicted octanol–water partition coefficient (Wildman–Crippen LogP) is 2.84. The fraction of sp³-hybridized carbons (Fsp3) is 0.200. The van der Waals surface area contributed by atoms with Crippen molar-refractivity contribution in [2.45, 2.75) is 26.9 Å². The third-order valence-corrected chi connectivity index (χ3v) is 4.08. The Kier molecular flexibility index (Phi) is 6.86. The van der Waals surface area contributed by atoms with E-state index in [-0.39, 0.29) is 11.3 Å². The maximum atomic E-state index is 12.1. The van der Waals surface area contributed by atoms with E-state index >= 15 is 0 Å². The number of hydrazine groups is 1. The third-order valence-electron chi connectivity index (χ3n) is 4.08. The Labute approximate surface area is 162 Å². The lowest BCUT2D eigenvalue weighted by molar-refractivity contribution is -0.385. The standard InChI is InChI=1S/C20H21N3O5/c1-13-7-6-10-18(14(13)2)28-15(3)20(25)22-21-19(24)12-11-16-8-4-5-9-17(16)23(26)27/h4-12,15H,1-3H3,(H,21,24)(H,22,25)/b12-11+. The lowest BCUT2D eigenvalue weighted by atomic mass is 10.1. The van der Waals surface area contributed by atoms with Crippen LogP contribution >= 0.6 is 0 Å². The van der Waals surface area contributed by atoms with Crippen LogP contribution in [-0.2, 0) is 9.59 Å². The number of nitro benzene ring substituents is 1. The quantitative estimate of drug-likeness (QED) is 0.453. The third kappa shape index (κ3) is 5.41. The maximum absolute atomic E-state index is 12.1. The normalized spacial score (nSPS) is 11.7. The number of ether oxygens (including phenoxy) is 1. The highest BCUT2D eigenvalue weighted by molar-refractivity contribution is 5.94. The van der Waals surface area contributed by atoms with Gasteiger partial charge in [0.05, 0.1) is 10.5 Å². The number of nitrogens with one attached hydrogen (secondary N) is 2. The Morgan fingerprint density at radius 3 is 2.54 bits per heavy atom. The summed E-state index contributed by atoms with van der Waals surface area (Å²) in [5.41, 5.74) is 6.61. The van der Waals surface area contributed by atoms with Gasteiger partial charge in [-0.05, 0) is 50.1 Å². The first-order chi connectivity index (χ1) is 13.3. The van der Waals surface area contributed by atoms with Crippen molar-refractivity contribution in [2.24, 2.45) is 0 Å². The Hall–Kier alpha value is -3.68. The summed E-state index contributed by atoms with van der Waals surface area (Å²) in [5, 5.41) is 11.0. The van der Waals surface area contributed by atoms with Gasteiger partial charge in [-0.15, -0.1) is 0 Å². The van der Waals surface area contributed by atoms with Crippen LogP contribution in [0.1, 0.15) is 23.6 Å². The molecular weight excluding hydrogens is 362 g/mol. The van der Waals surface area contributed by atoms with Gasteiger partial charge < -0.3 is 4.74 Å². The number of hydrogen-bond donors (Lipinski definition) is 2. The Bertz CT molecular complexity index is 924. The van der Waals surface area contributed by atoms with Gasteiger partial charge >= 0.3 is 0 Å². The van der Waals surface area contributed by atoms with Crippen molar-refractivity contribution in [3.63, 3.8) is 0 Å². The van der Waals surface area contributed by atoms with Crippen molar-refractivity contribution in [1.29, 1.82) is 0 Å². The topological polar surface area (TPSA) is 111 Å². The maximum Gasteiger partial charge on any atom is 0.279 e. The molecule has 0 saturated heterocycles. The van der Waals surface area contributed by atoms with E-state index in [0.717, 1.165) is 17.2 Å². The first-order valence-electron chi connectivity index (χ1n) is 8.53. The summed E-state index contributed by atoms with van der Waals surface area (Å²) in [4.78, 5) is 34.4. The molecule has 0 aromatic heterocycles. The van der Waals surface area contributed by atoms with E-state index in [0.29, 0.717) is 5.75 Å². The lowest BCUT2D eigenvalue weighted by Crippen LogP contribution is -2.46. The van der Waals surface area contributed by atoms with Gasteiger partial charge in [-0.2, -0.15) is 0 Å². The minimum absolute atomic E-state index is 0.119. The van der Waals surface area contributed by atoms with Crippen LogP contribution < -0.4 is 15.6 Å². The monoisotopic (exact) mass is 383 g/mol. The number of nitro groups is 1. The second-order valence-electron chi connectivity index (χ2n) is 6.09. The predicted molar refractivity (Wildman–Crippen MR) is 104 cm³/mol. The van der Waals surface area contributed by atoms with Crippen LogP contribution in [0.15, 0.2) is 48.5 Å². The number of aryl methyl sites for hydroxylation is 1. The summed E-state index contributed by atoms with van der Waals surface area (Å²) < 4.78 is 5.64. The van der Waals surface area contributed by atoms with Crippen LogP contribution in [-0.4, -0.2) is 22.8 Å². The molecule has 0 spiro atoms. The van der Waals surface area contributed by atoms with Gasteiger partial charge in [0.2, 0.25) is 0 Å². The second kappa shape index (κ2) is 9.31. The Morgan fingerprint density at radius 1 is 1.11 bits per heavy atom. The highest BCUT2D eigenvalue weighted by atomic mass is 16.6. The molecule has 0 heterocycles. The van der Waals surface area contributed by atoms with E-state index in [1.807, 2.05) is 26.0 Å². The molecule has 1 atom stereocenters. The zero-order chi connectivity index (χ0) is 20.7. The molecule has 0 radical (unpaired) electrons. The second-order valence-corrected chi connectivity index (χ2v) is 6.09. The van der Waals surface area contributed by atoms with Crippen molar-refractivity contribution in [1.82, 2.24) is 10.9 Å². The fourth-order valence-electron chi connectivity index (χ4n) is 2.32. The van der Waals surface area contributed by atoms with Crippen molar-refractivity contribution in [3.8, 4) is 5.75 Å². The number of rotatable bonds is 6. The van der Waals surface area contributed by atoms with Crippen molar-refractivity contribution in [2.75, 3.05) is 0 Å². The van der Waals surface area contributed by atoms with Gasteiger partial charge in [0, 0.05) is 12.1 Å². The lowest BCUT2D eigenvalue weighted by Gasteiger charge is -2.17. The molecule has 0 fully saturated rings. The molecular formula is C20H21N3O5. The largest absolute Gasteiger partial charge is 0.481 e. The molecule has 2 aromatic carbocycles. The zero-order valence-corrected chi connectivity index (χ0v) is 15.8. The molecule has 2 aromatic rings. The minimum Gasteiger partial charge on any atom is -0.481 e. The summed E-state index contributed by atoms with van der Waals surface area (Å²) >= 11 is 0. The molecule has 2 rings (SSSR count). The molecule has 0 aliphatic carbocycles. The molecule has 0 bridgehead atoms. The number of hydrogen-bond acceptors (Lipinski definition) is 5. The summed E-state index contributed by atoms with van der Waals surface area (Å²) in [7, 11) is 0. The number of nitrogens with zero attached hydrogens (tertiary/aromatic N) is 1. The zero-order valence-electron chi connectivity index (χ0n) is 15.8. The molecule has 2 amide bonds. The number of para-hydroxylation sites is 1. The van der Waals surface area contributed by atoms with Gasteiger partial charge in [-0.3, -0.25) is 30.6 Å². The van der Waals surface area contributed by atoms with Crippen LogP contribution in [0.2, 0.25) is 0 Å². The average Bonchev–Trinajstić information content (AvgIpc) is 2.68. The average molecular weight is 383 g/mol. The summed E-state index contributed by atoms with van der Waals surface area (Å²) in [5.74, 6) is -0.580. The van der Waals surface area contributed by atoms with Crippen molar-refractivity contribution in [3.05, 3.63) is 75.3 Å². The number of carbonyl (C=O) groups is 2. The van der Waals surface area contributed by atoms with Crippen LogP contribution in [0.4, 0.5) is 5.69 Å². The van der Waals surface area contributed by atoms with E-state index in [1.54, 1.807) is 19.1 Å². The van der Waals surface area contributed by atoms with E-state index in [2.05, 4.69) is 10.9 Å². The molecule has 0 aliphatic rings. The van der Waals surface area contributed by atoms with Crippen LogP contribution in [0.3, 0.4) is 0 Å². The van der Waals surface area contributed by atoms with Crippen LogP contribution in [0.5, 0.6) is 5.75 Å². The SMILES string of the molecule is Cc1cccc(OC(C)C(=O)NNC(=O)/C=C/c2ccccc2[N+](=O)[O-])c1C. The molecule has 8 nitrogen and oxygen atoms in total. The van der Waals surface area contributed by atoms with Gasteiger partial charge in [0.25, 0.3) is 17.5 Å². The summed E-state index contributed by atoms with van der Waals surface area (Å²) in [6, 6.07) is 11.5. The Balaban J connectivity index is 1.91. The van der Waals surface area contributed by atoms with Crippen LogP contribution in [0, 0.1) is 24.0 Å². The molecule has 1 unspecified atom stereocenters. The van der Waals surface area contributed by atoms with E-state index in [4.69, 9.17) is 4.74 Å².